The van der Waals surface area contributed by atoms with Gasteiger partial charge in [-0.15, -0.1) is 0 Å². The van der Waals surface area contributed by atoms with E-state index in [0.717, 1.165) is 0 Å². The molecule has 0 aliphatic rings. The molecule has 1 rings (SSSR count). The van der Waals surface area contributed by atoms with Gasteiger partial charge in [-0.05, 0) is 25.1 Å². The molecular formula is C17H26S. The van der Waals surface area contributed by atoms with Gasteiger partial charge in [0.15, 0.2) is 0 Å². The van der Waals surface area contributed by atoms with Crippen LogP contribution in [0.2, 0.25) is 0 Å². The molecule has 0 saturated carbocycles. The number of rotatable bonds is 4. The van der Waals surface area contributed by atoms with Crippen molar-refractivity contribution in [1.82, 2.24) is 0 Å². The Hall–Kier alpha value is -1.21. The van der Waals surface area contributed by atoms with Crippen LogP contribution in [0, 0.1) is 0 Å². The molecule has 0 unspecified atom stereocenters. The van der Waals surface area contributed by atoms with Gasteiger partial charge in [0, 0.05) is 9.80 Å². The van der Waals surface area contributed by atoms with E-state index in [0.29, 0.717) is 0 Å². The van der Waals surface area contributed by atoms with Gasteiger partial charge in [0.25, 0.3) is 0 Å². The first kappa shape index (κ1) is 19.1. The van der Waals surface area contributed by atoms with Gasteiger partial charge in [0.05, 0.1) is 0 Å². The lowest BCUT2D eigenvalue weighted by Crippen LogP contribution is -1.72. The number of hydrogen-bond acceptors (Lipinski definition) is 1. The zero-order valence-corrected chi connectivity index (χ0v) is 13.1. The average Bonchev–Trinajstić information content (AvgIpc) is 2.45. The third kappa shape index (κ3) is 9.98. The highest BCUT2D eigenvalue weighted by Crippen LogP contribution is 2.26. The first-order valence-electron chi connectivity index (χ1n) is 6.55. The van der Waals surface area contributed by atoms with Crippen molar-refractivity contribution in [1.29, 1.82) is 0 Å². The van der Waals surface area contributed by atoms with Crippen molar-refractivity contribution >= 4 is 11.8 Å². The number of hydrogen-bond donors (Lipinski definition) is 0. The molecule has 0 saturated heterocycles. The fraction of sp³-hybridized carbons (Fsp3) is 0.294. The minimum atomic E-state index is 1.20. The summed E-state index contributed by atoms with van der Waals surface area (Å²) in [6, 6.07) is 10.3. The summed E-state index contributed by atoms with van der Waals surface area (Å²) in [6.07, 6.45) is 7.94. The zero-order valence-electron chi connectivity index (χ0n) is 12.3. The van der Waals surface area contributed by atoms with Gasteiger partial charge in [-0.2, -0.15) is 0 Å². The standard InChI is InChI=1S/C13H14S.2C2H6/c1-3-8-12(9-4-2)14-13-10-6-5-7-11-13;2*1-2/h3-11H,1H2,2H3;2*1-2H3/b9-4-,12-8+;;. The van der Waals surface area contributed by atoms with Gasteiger partial charge in [0.2, 0.25) is 0 Å². The maximum absolute atomic E-state index is 3.70. The fourth-order valence-electron chi connectivity index (χ4n) is 1.03. The van der Waals surface area contributed by atoms with Gasteiger partial charge in [0.1, 0.15) is 0 Å². The van der Waals surface area contributed by atoms with E-state index in [1.807, 2.05) is 71.0 Å². The fourth-order valence-corrected chi connectivity index (χ4v) is 1.96. The first-order chi connectivity index (χ1) is 8.86. The van der Waals surface area contributed by atoms with Crippen molar-refractivity contribution in [3.8, 4) is 0 Å². The van der Waals surface area contributed by atoms with E-state index in [1.54, 1.807) is 11.8 Å². The second-order valence-corrected chi connectivity index (χ2v) is 3.87. The van der Waals surface area contributed by atoms with Crippen molar-refractivity contribution in [2.45, 2.75) is 39.5 Å². The quantitative estimate of drug-likeness (QED) is 0.442. The van der Waals surface area contributed by atoms with Crippen LogP contribution in [0.5, 0.6) is 0 Å². The van der Waals surface area contributed by atoms with E-state index < -0.39 is 0 Å². The predicted molar refractivity (Wildman–Crippen MR) is 88.1 cm³/mol. The molecule has 0 aliphatic heterocycles. The highest BCUT2D eigenvalue weighted by molar-refractivity contribution is 8.03. The molecule has 0 aliphatic carbocycles. The normalized spacial score (nSPS) is 9.94. The maximum atomic E-state index is 3.70. The summed E-state index contributed by atoms with van der Waals surface area (Å²) < 4.78 is 0. The van der Waals surface area contributed by atoms with Crippen LogP contribution >= 0.6 is 11.8 Å². The van der Waals surface area contributed by atoms with E-state index in [1.165, 1.54) is 9.80 Å². The van der Waals surface area contributed by atoms with Gasteiger partial charge in [-0.1, -0.05) is 82.5 Å². The number of benzene rings is 1. The van der Waals surface area contributed by atoms with E-state index in [2.05, 4.69) is 24.8 Å². The minimum Gasteiger partial charge on any atom is -0.0990 e. The van der Waals surface area contributed by atoms with Crippen molar-refractivity contribution in [3.05, 3.63) is 66.1 Å². The molecule has 0 bridgehead atoms. The highest BCUT2D eigenvalue weighted by atomic mass is 32.2. The maximum Gasteiger partial charge on any atom is 0.0122 e. The highest BCUT2D eigenvalue weighted by Gasteiger charge is 1.94. The lowest BCUT2D eigenvalue weighted by Gasteiger charge is -2.00. The van der Waals surface area contributed by atoms with Gasteiger partial charge in [-0.25, -0.2) is 0 Å². The van der Waals surface area contributed by atoms with Crippen LogP contribution in [0.15, 0.2) is 71.0 Å². The third-order valence-corrected chi connectivity index (χ3v) is 2.61. The molecule has 0 radical (unpaired) electrons. The molecule has 0 N–H and O–H groups in total. The molecule has 0 nitrogen and oxygen atoms in total. The smallest absolute Gasteiger partial charge is 0.0122 e. The second-order valence-electron chi connectivity index (χ2n) is 2.72. The summed E-state index contributed by atoms with van der Waals surface area (Å²) in [5, 5.41) is 0. The van der Waals surface area contributed by atoms with Gasteiger partial charge in [-0.3, -0.25) is 0 Å². The Morgan fingerprint density at radius 3 is 2.06 bits per heavy atom. The Balaban J connectivity index is 0. The number of thioether (sulfide) groups is 1. The Bertz CT molecular complexity index is 334. The van der Waals surface area contributed by atoms with Crippen molar-refractivity contribution in [2.75, 3.05) is 0 Å². The Morgan fingerprint density at radius 2 is 1.61 bits per heavy atom. The van der Waals surface area contributed by atoms with Crippen LogP contribution in [0.1, 0.15) is 34.6 Å². The van der Waals surface area contributed by atoms with Crippen LogP contribution in [0.25, 0.3) is 0 Å². The molecule has 1 aromatic carbocycles. The zero-order chi connectivity index (χ0) is 14.2. The molecular weight excluding hydrogens is 236 g/mol. The van der Waals surface area contributed by atoms with Gasteiger partial charge < -0.3 is 0 Å². The third-order valence-electron chi connectivity index (χ3n) is 1.59. The topological polar surface area (TPSA) is 0 Å². The van der Waals surface area contributed by atoms with Crippen molar-refractivity contribution < 1.29 is 0 Å². The van der Waals surface area contributed by atoms with Crippen LogP contribution in [0.3, 0.4) is 0 Å². The Morgan fingerprint density at radius 1 is 1.06 bits per heavy atom. The average molecular weight is 262 g/mol. The van der Waals surface area contributed by atoms with Crippen LogP contribution < -0.4 is 0 Å². The minimum absolute atomic E-state index is 1.20. The van der Waals surface area contributed by atoms with E-state index in [9.17, 15) is 0 Å². The van der Waals surface area contributed by atoms with Crippen LogP contribution in [-0.2, 0) is 0 Å². The molecule has 1 heteroatoms. The lowest BCUT2D eigenvalue weighted by atomic mass is 10.4. The first-order valence-corrected chi connectivity index (χ1v) is 7.37. The molecule has 0 spiro atoms. The van der Waals surface area contributed by atoms with Crippen LogP contribution in [-0.4, -0.2) is 0 Å². The molecule has 0 atom stereocenters. The second kappa shape index (κ2) is 15.8. The summed E-state index contributed by atoms with van der Waals surface area (Å²) in [4.78, 5) is 2.45. The summed E-state index contributed by atoms with van der Waals surface area (Å²) in [5.41, 5.74) is 0. The molecule has 0 fully saturated rings. The molecule has 0 heterocycles. The van der Waals surface area contributed by atoms with E-state index in [4.69, 9.17) is 0 Å². The summed E-state index contributed by atoms with van der Waals surface area (Å²) in [7, 11) is 0. The van der Waals surface area contributed by atoms with Crippen molar-refractivity contribution in [2.24, 2.45) is 0 Å². The Kier molecular flexibility index (Phi) is 16.8. The summed E-state index contributed by atoms with van der Waals surface area (Å²) >= 11 is 1.74. The largest absolute Gasteiger partial charge is 0.0990 e. The predicted octanol–water partition coefficient (Wildman–Crippen LogP) is 6.48. The van der Waals surface area contributed by atoms with E-state index in [-0.39, 0.29) is 0 Å². The molecule has 0 amide bonds. The SMILES string of the molecule is C=C/C=C(\C=C/C)Sc1ccccc1.CC.CC. The molecule has 100 valence electrons. The number of allylic oxidation sites excluding steroid dienone is 4. The molecule has 1 aromatic rings. The van der Waals surface area contributed by atoms with E-state index >= 15 is 0 Å². The summed E-state index contributed by atoms with van der Waals surface area (Å²) in [5.74, 6) is 0. The Labute approximate surface area is 118 Å². The molecule has 0 aromatic heterocycles. The van der Waals surface area contributed by atoms with Gasteiger partial charge >= 0.3 is 0 Å². The molecule has 18 heavy (non-hydrogen) atoms. The summed E-state index contributed by atoms with van der Waals surface area (Å²) in [6.45, 7) is 13.7. The van der Waals surface area contributed by atoms with Crippen LogP contribution in [0.4, 0.5) is 0 Å². The van der Waals surface area contributed by atoms with Crippen molar-refractivity contribution in [3.63, 3.8) is 0 Å². The lowest BCUT2D eigenvalue weighted by molar-refractivity contribution is 1.47. The monoisotopic (exact) mass is 262 g/mol.